The van der Waals surface area contributed by atoms with Crippen LogP contribution < -0.4 is 0 Å². The Morgan fingerprint density at radius 1 is 0.225 bits per heavy atom. The van der Waals surface area contributed by atoms with Crippen molar-refractivity contribution >= 4 is 0 Å². The van der Waals surface area contributed by atoms with E-state index < -0.39 is 0 Å². The van der Waals surface area contributed by atoms with Crippen molar-refractivity contribution in [3.8, 4) is 0 Å². The molecule has 0 spiro atoms. The first-order valence-corrected chi connectivity index (χ1v) is 19.6. The summed E-state index contributed by atoms with van der Waals surface area (Å²) in [6.45, 7) is 12.2. The molecular formula is C40H82. The molecule has 40 heavy (non-hydrogen) atoms. The molecule has 0 nitrogen and oxygen atoms in total. The summed E-state index contributed by atoms with van der Waals surface area (Å²) in [6, 6.07) is 0. The van der Waals surface area contributed by atoms with Crippen LogP contribution in [0.4, 0.5) is 0 Å². The summed E-state index contributed by atoms with van der Waals surface area (Å²) in [4.78, 5) is 0. The van der Waals surface area contributed by atoms with Gasteiger partial charge in [0, 0.05) is 0 Å². The van der Waals surface area contributed by atoms with Gasteiger partial charge < -0.3 is 0 Å². The van der Waals surface area contributed by atoms with E-state index in [1.54, 1.807) is 0 Å². The quantitative estimate of drug-likeness (QED) is 0.0684. The van der Waals surface area contributed by atoms with E-state index in [2.05, 4.69) is 34.6 Å². The molecule has 0 heteroatoms. The van der Waals surface area contributed by atoms with Gasteiger partial charge >= 0.3 is 0 Å². The van der Waals surface area contributed by atoms with Gasteiger partial charge in [0.25, 0.3) is 0 Å². The van der Waals surface area contributed by atoms with Crippen LogP contribution in [0.15, 0.2) is 0 Å². The van der Waals surface area contributed by atoms with Crippen LogP contribution in [-0.2, 0) is 0 Å². The standard InChI is InChI=1S/C40H82/c1-6-8-10-12-14-16-17-18-19-21-24-27-32-38(3)33-29-25-22-26-30-35-40(5)37-31-36-39(4)34-28-23-20-15-13-11-9-7-2/h38-40H,6-37H2,1-5H3. The Balaban J connectivity index is 3.33. The van der Waals surface area contributed by atoms with E-state index in [1.165, 1.54) is 205 Å². The third-order valence-corrected chi connectivity index (χ3v) is 9.89. The third kappa shape index (κ3) is 32.5. The molecule has 0 aliphatic carbocycles. The Bertz CT molecular complexity index is 439. The first-order valence-electron chi connectivity index (χ1n) is 19.6. The van der Waals surface area contributed by atoms with Crippen LogP contribution in [-0.4, -0.2) is 0 Å². The van der Waals surface area contributed by atoms with Crippen LogP contribution in [0.2, 0.25) is 0 Å². The Morgan fingerprint density at radius 3 is 0.625 bits per heavy atom. The largest absolute Gasteiger partial charge is 0.0654 e. The molecule has 0 bridgehead atoms. The highest BCUT2D eigenvalue weighted by Crippen LogP contribution is 2.23. The van der Waals surface area contributed by atoms with Gasteiger partial charge in [-0.3, -0.25) is 0 Å². The van der Waals surface area contributed by atoms with E-state index in [1.807, 2.05) is 0 Å². The molecule has 0 heterocycles. The van der Waals surface area contributed by atoms with Gasteiger partial charge in [0.1, 0.15) is 0 Å². The summed E-state index contributed by atoms with van der Waals surface area (Å²) in [7, 11) is 0. The average Bonchev–Trinajstić information content (AvgIpc) is 2.94. The summed E-state index contributed by atoms with van der Waals surface area (Å²) in [6.07, 6.45) is 47.0. The van der Waals surface area contributed by atoms with Crippen molar-refractivity contribution in [2.24, 2.45) is 17.8 Å². The number of unbranched alkanes of at least 4 members (excludes halogenated alkanes) is 22. The lowest BCUT2D eigenvalue weighted by atomic mass is 9.92. The number of rotatable bonds is 34. The maximum Gasteiger partial charge on any atom is -0.0443 e. The molecule has 242 valence electrons. The second kappa shape index (κ2) is 33.5. The van der Waals surface area contributed by atoms with E-state index in [0.29, 0.717) is 0 Å². The van der Waals surface area contributed by atoms with Crippen molar-refractivity contribution in [1.82, 2.24) is 0 Å². The SMILES string of the molecule is CCCCCCCCCCCCCCC(C)CCCCCCCC(C)CCCC(C)CCCCCCCCCC. The molecule has 0 rings (SSSR count). The zero-order valence-electron chi connectivity index (χ0n) is 29.4. The molecule has 0 saturated carbocycles. The Labute approximate surface area is 257 Å². The second-order valence-electron chi connectivity index (χ2n) is 14.5. The van der Waals surface area contributed by atoms with Crippen molar-refractivity contribution in [3.05, 3.63) is 0 Å². The lowest BCUT2D eigenvalue weighted by Crippen LogP contribution is -1.99. The van der Waals surface area contributed by atoms with Gasteiger partial charge in [-0.1, -0.05) is 240 Å². The Kier molecular flexibility index (Phi) is 33.5. The summed E-state index contributed by atoms with van der Waals surface area (Å²) in [5.41, 5.74) is 0. The molecule has 0 fully saturated rings. The van der Waals surface area contributed by atoms with Gasteiger partial charge in [0.05, 0.1) is 0 Å². The number of hydrogen-bond donors (Lipinski definition) is 0. The molecule has 0 radical (unpaired) electrons. The highest BCUT2D eigenvalue weighted by molar-refractivity contribution is 4.60. The van der Waals surface area contributed by atoms with Crippen molar-refractivity contribution in [3.63, 3.8) is 0 Å². The maximum absolute atomic E-state index is 2.51. The second-order valence-corrected chi connectivity index (χ2v) is 14.5. The zero-order valence-corrected chi connectivity index (χ0v) is 29.4. The van der Waals surface area contributed by atoms with Gasteiger partial charge in [-0.05, 0) is 17.8 Å². The minimum absolute atomic E-state index is 0.950. The predicted molar refractivity (Wildman–Crippen MR) is 187 cm³/mol. The van der Waals surface area contributed by atoms with Gasteiger partial charge in [0.2, 0.25) is 0 Å². The van der Waals surface area contributed by atoms with Crippen LogP contribution >= 0.6 is 0 Å². The molecule has 0 aromatic carbocycles. The molecule has 0 amide bonds. The van der Waals surface area contributed by atoms with Crippen molar-refractivity contribution in [1.29, 1.82) is 0 Å². The molecule has 0 aromatic heterocycles. The minimum atomic E-state index is 0.950. The van der Waals surface area contributed by atoms with Gasteiger partial charge in [-0.25, -0.2) is 0 Å². The Morgan fingerprint density at radius 2 is 0.400 bits per heavy atom. The molecule has 3 unspecified atom stereocenters. The summed E-state index contributed by atoms with van der Waals surface area (Å²) < 4.78 is 0. The van der Waals surface area contributed by atoms with E-state index >= 15 is 0 Å². The normalized spacial score (nSPS) is 14.0. The van der Waals surface area contributed by atoms with E-state index in [0.717, 1.165) is 17.8 Å². The van der Waals surface area contributed by atoms with E-state index in [-0.39, 0.29) is 0 Å². The highest BCUT2D eigenvalue weighted by Gasteiger charge is 2.07. The molecule has 0 aliphatic heterocycles. The molecule has 0 aromatic rings. The van der Waals surface area contributed by atoms with E-state index in [9.17, 15) is 0 Å². The average molecular weight is 563 g/mol. The molecule has 0 saturated heterocycles. The van der Waals surface area contributed by atoms with Crippen LogP contribution in [0.5, 0.6) is 0 Å². The van der Waals surface area contributed by atoms with Gasteiger partial charge in [-0.15, -0.1) is 0 Å². The minimum Gasteiger partial charge on any atom is -0.0654 e. The van der Waals surface area contributed by atoms with Crippen molar-refractivity contribution in [2.75, 3.05) is 0 Å². The fourth-order valence-corrected chi connectivity index (χ4v) is 6.72. The first-order chi connectivity index (χ1) is 19.6. The van der Waals surface area contributed by atoms with Crippen molar-refractivity contribution < 1.29 is 0 Å². The van der Waals surface area contributed by atoms with Gasteiger partial charge in [0.15, 0.2) is 0 Å². The zero-order chi connectivity index (χ0) is 29.4. The third-order valence-electron chi connectivity index (χ3n) is 9.89. The molecule has 0 N–H and O–H groups in total. The van der Waals surface area contributed by atoms with Crippen molar-refractivity contribution in [2.45, 2.75) is 240 Å². The lowest BCUT2D eigenvalue weighted by molar-refractivity contribution is 0.389. The fraction of sp³-hybridized carbons (Fsp3) is 1.00. The van der Waals surface area contributed by atoms with Crippen LogP contribution in [0, 0.1) is 17.8 Å². The molecule has 3 atom stereocenters. The molecular weight excluding hydrogens is 480 g/mol. The summed E-state index contributed by atoms with van der Waals surface area (Å²) >= 11 is 0. The smallest absolute Gasteiger partial charge is 0.0443 e. The highest BCUT2D eigenvalue weighted by atomic mass is 14.1. The van der Waals surface area contributed by atoms with E-state index in [4.69, 9.17) is 0 Å². The topological polar surface area (TPSA) is 0 Å². The van der Waals surface area contributed by atoms with Gasteiger partial charge in [-0.2, -0.15) is 0 Å². The van der Waals surface area contributed by atoms with Crippen LogP contribution in [0.1, 0.15) is 240 Å². The summed E-state index contributed by atoms with van der Waals surface area (Å²) in [5.74, 6) is 2.86. The first kappa shape index (κ1) is 40.0. The van der Waals surface area contributed by atoms with Crippen LogP contribution in [0.3, 0.4) is 0 Å². The lowest BCUT2D eigenvalue weighted by Gasteiger charge is -2.14. The van der Waals surface area contributed by atoms with Crippen LogP contribution in [0.25, 0.3) is 0 Å². The summed E-state index contributed by atoms with van der Waals surface area (Å²) in [5, 5.41) is 0. The fourth-order valence-electron chi connectivity index (χ4n) is 6.72. The maximum atomic E-state index is 2.51. The molecule has 0 aliphatic rings. The predicted octanol–water partition coefficient (Wildman–Crippen LogP) is 15.4. The monoisotopic (exact) mass is 563 g/mol. The number of hydrogen-bond acceptors (Lipinski definition) is 0. The Hall–Kier alpha value is 0.